The van der Waals surface area contributed by atoms with Crippen molar-refractivity contribution in [1.29, 1.82) is 0 Å². The number of nitrogens with zero attached hydrogens (tertiary/aromatic N) is 8. The van der Waals surface area contributed by atoms with Crippen LogP contribution in [0.2, 0.25) is 0 Å². The highest BCUT2D eigenvalue weighted by Crippen LogP contribution is 2.43. The highest BCUT2D eigenvalue weighted by atomic mass is 16.6. The number of aromatic nitrogens is 6. The summed E-state index contributed by atoms with van der Waals surface area (Å²) in [6.07, 6.45) is 6.33. The van der Waals surface area contributed by atoms with E-state index in [1.807, 2.05) is 114 Å². The summed E-state index contributed by atoms with van der Waals surface area (Å²) in [6.45, 7) is 3.99. The summed E-state index contributed by atoms with van der Waals surface area (Å²) in [5, 5.41) is 39.6. The van der Waals surface area contributed by atoms with Crippen LogP contribution in [0.15, 0.2) is 164 Å². The van der Waals surface area contributed by atoms with Crippen LogP contribution < -0.4 is 9.47 Å². The first-order valence-corrected chi connectivity index (χ1v) is 21.0. The lowest BCUT2D eigenvalue weighted by atomic mass is 10.1. The van der Waals surface area contributed by atoms with Crippen LogP contribution in [-0.4, -0.2) is 44.0 Å². The molecule has 0 unspecified atom stereocenters. The molecule has 11 aromatic rings. The molecule has 0 fully saturated rings. The van der Waals surface area contributed by atoms with Crippen molar-refractivity contribution in [3.63, 3.8) is 0 Å². The van der Waals surface area contributed by atoms with Crippen molar-refractivity contribution in [3.05, 3.63) is 196 Å². The van der Waals surface area contributed by atoms with Gasteiger partial charge in [-0.2, -0.15) is 0 Å². The van der Waals surface area contributed by atoms with Gasteiger partial charge in [-0.1, -0.05) is 36.4 Å². The quantitative estimate of drug-likeness (QED) is 0.102. The molecule has 15 heteroatoms. The third-order valence-electron chi connectivity index (χ3n) is 11.7. The van der Waals surface area contributed by atoms with E-state index in [1.54, 1.807) is 36.7 Å². The molecule has 0 atom stereocenters. The fourth-order valence-corrected chi connectivity index (χ4v) is 8.57. The van der Waals surface area contributed by atoms with Gasteiger partial charge in [-0.05, 0) is 97.8 Å². The maximum atomic E-state index is 12.3. The van der Waals surface area contributed by atoms with Gasteiger partial charge in [0.25, 0.3) is 0 Å². The zero-order valence-electron chi connectivity index (χ0n) is 35.6. The molecule has 11 rings (SSSR count). The van der Waals surface area contributed by atoms with Crippen LogP contribution in [0.25, 0.3) is 77.8 Å². The van der Waals surface area contributed by atoms with Crippen molar-refractivity contribution in [1.82, 2.24) is 29.1 Å². The molecule has 5 heterocycles. The average Bonchev–Trinajstić information content (AvgIpc) is 3.84. The maximum absolute atomic E-state index is 12.3. The lowest BCUT2D eigenvalue weighted by Crippen LogP contribution is -1.98. The van der Waals surface area contributed by atoms with Crippen molar-refractivity contribution in [3.8, 4) is 62.9 Å². The third kappa shape index (κ3) is 7.12. The Labute approximate surface area is 379 Å². The van der Waals surface area contributed by atoms with Crippen LogP contribution in [0.3, 0.4) is 0 Å². The molecule has 0 bridgehead atoms. The number of aryl methyl sites for hydroxylation is 2. The number of hydrogen-bond acceptors (Lipinski definition) is 11. The number of para-hydroxylation sites is 2. The van der Waals surface area contributed by atoms with E-state index in [2.05, 4.69) is 19.9 Å². The first kappa shape index (κ1) is 40.3. The molecule has 67 heavy (non-hydrogen) atoms. The first-order valence-electron chi connectivity index (χ1n) is 21.0. The van der Waals surface area contributed by atoms with Gasteiger partial charge in [-0.3, -0.25) is 39.3 Å². The van der Waals surface area contributed by atoms with E-state index in [0.717, 1.165) is 66.6 Å². The zero-order chi connectivity index (χ0) is 45.9. The molecule has 0 amide bonds. The molecule has 5 aromatic heterocycles. The number of phenols is 1. The van der Waals surface area contributed by atoms with Crippen LogP contribution in [0.4, 0.5) is 11.4 Å². The van der Waals surface area contributed by atoms with E-state index in [0.29, 0.717) is 28.6 Å². The predicted octanol–water partition coefficient (Wildman–Crippen LogP) is 12.5. The van der Waals surface area contributed by atoms with Crippen molar-refractivity contribution in [2.45, 2.75) is 13.8 Å². The first-order chi connectivity index (χ1) is 32.6. The molecule has 0 aliphatic carbocycles. The normalized spacial score (nSPS) is 11.4. The fraction of sp³-hybridized carbons (Fsp3) is 0.0385. The minimum Gasteiger partial charge on any atom is -0.507 e. The zero-order valence-corrected chi connectivity index (χ0v) is 35.6. The Balaban J connectivity index is 0.923. The van der Waals surface area contributed by atoms with Crippen LogP contribution in [0, 0.1) is 34.1 Å². The number of nitro groups is 2. The second kappa shape index (κ2) is 15.9. The number of ether oxygens (including phenoxy) is 2. The number of benzene rings is 6. The molecule has 0 saturated heterocycles. The largest absolute Gasteiger partial charge is 0.507 e. The van der Waals surface area contributed by atoms with Gasteiger partial charge in [0.2, 0.25) is 11.5 Å². The van der Waals surface area contributed by atoms with Gasteiger partial charge in [-0.15, -0.1) is 0 Å². The summed E-state index contributed by atoms with van der Waals surface area (Å²) in [4.78, 5) is 41.9. The highest BCUT2D eigenvalue weighted by molar-refractivity contribution is 6.10. The molecule has 0 aliphatic rings. The Morgan fingerprint density at radius 1 is 0.507 bits per heavy atom. The molecule has 0 saturated carbocycles. The summed E-state index contributed by atoms with van der Waals surface area (Å²) in [5.74, 6) is 1.53. The Hall–Kier alpha value is -9.50. The van der Waals surface area contributed by atoms with Crippen molar-refractivity contribution >= 4 is 55.0 Å². The number of pyridine rings is 2. The molecule has 0 radical (unpaired) electrons. The molecule has 1 N–H and O–H groups in total. The fourth-order valence-electron chi connectivity index (χ4n) is 8.57. The molecular formula is C52H34N8O7. The number of phenolic OH excluding ortho intramolecular Hbond substituents is 1. The van der Waals surface area contributed by atoms with E-state index >= 15 is 0 Å². The summed E-state index contributed by atoms with van der Waals surface area (Å²) in [6, 6.07) is 41.4. The Morgan fingerprint density at radius 3 is 1.54 bits per heavy atom. The van der Waals surface area contributed by atoms with Gasteiger partial charge in [-0.25, -0.2) is 9.97 Å². The van der Waals surface area contributed by atoms with E-state index in [4.69, 9.17) is 9.47 Å². The predicted molar refractivity (Wildman–Crippen MR) is 255 cm³/mol. The van der Waals surface area contributed by atoms with Crippen molar-refractivity contribution < 1.29 is 24.4 Å². The van der Waals surface area contributed by atoms with E-state index in [-0.39, 0.29) is 28.4 Å². The minimum absolute atomic E-state index is 0.0208. The molecule has 0 spiro atoms. The monoisotopic (exact) mass is 882 g/mol. The van der Waals surface area contributed by atoms with Gasteiger partial charge in [0.05, 0.1) is 61.8 Å². The van der Waals surface area contributed by atoms with Gasteiger partial charge in [0.1, 0.15) is 28.9 Å². The van der Waals surface area contributed by atoms with E-state index in [9.17, 15) is 25.3 Å². The standard InChI is InChI=1S/C52H34N8O7/c1-30-17-19-53-51(21-30)57-42-9-5-3-7-35(42)37-14-12-33(24-45(37)57)66-49-23-32(11-16-44(49)59(62)63)40-28-56-41(29-55-40)39-26-50(47(60(64)65)27-48(39)61)67-34-13-15-38-36-8-4-6-10-43(36)58(46(38)25-34)52-22-31(2)18-20-54-52/h3-29,61H,1-2H3. The average molecular weight is 883 g/mol. The summed E-state index contributed by atoms with van der Waals surface area (Å²) in [7, 11) is 0. The number of aromatic hydroxyl groups is 1. The molecule has 6 aromatic carbocycles. The summed E-state index contributed by atoms with van der Waals surface area (Å²) < 4.78 is 16.6. The van der Waals surface area contributed by atoms with Gasteiger partial charge < -0.3 is 14.6 Å². The lowest BCUT2D eigenvalue weighted by molar-refractivity contribution is -0.385. The molecular weight excluding hydrogens is 849 g/mol. The van der Waals surface area contributed by atoms with Gasteiger partial charge in [0.15, 0.2) is 0 Å². The number of hydrogen-bond donors (Lipinski definition) is 1. The number of fused-ring (bicyclic) bond motifs is 6. The molecule has 0 aliphatic heterocycles. The van der Waals surface area contributed by atoms with E-state index < -0.39 is 21.3 Å². The number of nitro benzene ring substituents is 2. The second-order valence-electron chi connectivity index (χ2n) is 16.0. The Bertz CT molecular complexity index is 3830. The van der Waals surface area contributed by atoms with Crippen LogP contribution in [0.5, 0.6) is 28.7 Å². The third-order valence-corrected chi connectivity index (χ3v) is 11.7. The topological polar surface area (TPSA) is 186 Å². The Morgan fingerprint density at radius 2 is 1.01 bits per heavy atom. The van der Waals surface area contributed by atoms with Crippen molar-refractivity contribution in [2.24, 2.45) is 0 Å². The van der Waals surface area contributed by atoms with Gasteiger partial charge in [0, 0.05) is 69.3 Å². The van der Waals surface area contributed by atoms with Crippen LogP contribution in [0.1, 0.15) is 11.1 Å². The minimum atomic E-state index is -0.632. The Kier molecular flexibility index (Phi) is 9.58. The lowest BCUT2D eigenvalue weighted by Gasteiger charge is -2.12. The van der Waals surface area contributed by atoms with Crippen LogP contribution >= 0.6 is 0 Å². The summed E-state index contributed by atoms with van der Waals surface area (Å²) >= 11 is 0. The highest BCUT2D eigenvalue weighted by Gasteiger charge is 2.24. The molecule has 324 valence electrons. The maximum Gasteiger partial charge on any atom is 0.315 e. The molecule has 15 nitrogen and oxygen atoms in total. The van der Waals surface area contributed by atoms with Crippen LogP contribution in [-0.2, 0) is 0 Å². The summed E-state index contributed by atoms with van der Waals surface area (Å²) in [5.41, 5.74) is 5.93. The van der Waals surface area contributed by atoms with Gasteiger partial charge >= 0.3 is 11.4 Å². The van der Waals surface area contributed by atoms with Crippen molar-refractivity contribution in [2.75, 3.05) is 0 Å². The smallest absolute Gasteiger partial charge is 0.315 e. The second-order valence-corrected chi connectivity index (χ2v) is 16.0. The SMILES string of the molecule is Cc1ccnc(-n2c3ccccc3c3ccc(Oc4cc(-c5cnc(-c6cc(Oc7ccc8c9ccccc9n(-c9cc(C)ccn9)c8c7)c([N+](=O)[O-])cc6O)cn5)ccc4[N+](=O)[O-])cc32)c1. The number of rotatable bonds is 10. The van der Waals surface area contributed by atoms with E-state index in [1.165, 1.54) is 30.6 Å².